The molecule has 0 aliphatic carbocycles. The van der Waals surface area contributed by atoms with Crippen molar-refractivity contribution in [1.82, 2.24) is 5.06 Å². The lowest BCUT2D eigenvalue weighted by Gasteiger charge is -2.25. The molecular formula is C20H15F2N3O5. The number of anilines is 2. The van der Waals surface area contributed by atoms with Crippen LogP contribution in [0.2, 0.25) is 0 Å². The van der Waals surface area contributed by atoms with Gasteiger partial charge in [-0.25, -0.2) is 18.6 Å². The summed E-state index contributed by atoms with van der Waals surface area (Å²) >= 11 is 0. The van der Waals surface area contributed by atoms with Crippen molar-refractivity contribution in [1.29, 1.82) is 0 Å². The van der Waals surface area contributed by atoms with Crippen LogP contribution in [-0.2, 0) is 19.2 Å². The number of hydrogen-bond acceptors (Lipinski definition) is 6. The van der Waals surface area contributed by atoms with E-state index in [0.29, 0.717) is 14.9 Å². The van der Waals surface area contributed by atoms with E-state index < -0.39 is 60.2 Å². The molecule has 2 atom stereocenters. The van der Waals surface area contributed by atoms with E-state index in [4.69, 9.17) is 0 Å². The quantitative estimate of drug-likeness (QED) is 0.602. The van der Waals surface area contributed by atoms with Gasteiger partial charge in [-0.05, 0) is 24.3 Å². The molecule has 2 aromatic rings. The lowest BCUT2D eigenvalue weighted by molar-refractivity contribution is -0.172. The number of imide groups is 2. The summed E-state index contributed by atoms with van der Waals surface area (Å²) in [7, 11) is 0. The highest BCUT2D eigenvalue weighted by Crippen LogP contribution is 2.32. The molecule has 2 aliphatic heterocycles. The van der Waals surface area contributed by atoms with E-state index >= 15 is 0 Å². The highest BCUT2D eigenvalue weighted by molar-refractivity contribution is 6.24. The van der Waals surface area contributed by atoms with E-state index in [1.54, 1.807) is 0 Å². The van der Waals surface area contributed by atoms with Gasteiger partial charge in [-0.1, -0.05) is 24.3 Å². The molecule has 2 saturated heterocycles. The molecule has 4 amide bonds. The number of carbonyl (C=O) groups excluding carboxylic acids is 4. The summed E-state index contributed by atoms with van der Waals surface area (Å²) in [6.07, 6.45) is -1.03. The first-order valence-corrected chi connectivity index (χ1v) is 9.01. The lowest BCUT2D eigenvalue weighted by atomic mass is 10.1. The fourth-order valence-electron chi connectivity index (χ4n) is 3.63. The molecule has 154 valence electrons. The third kappa shape index (κ3) is 3.06. The van der Waals surface area contributed by atoms with Crippen LogP contribution in [0.4, 0.5) is 20.2 Å². The molecule has 4 rings (SSSR count). The van der Waals surface area contributed by atoms with E-state index in [1.165, 1.54) is 36.4 Å². The number of amides is 4. The zero-order chi connectivity index (χ0) is 21.6. The largest absolute Gasteiger partial charge is 0.312 e. The SMILES string of the molecule is O=C1C[C@@H](N(O)[C@@H]2CC(=O)N(c3ccccc3F)C2=O)C(=O)N1c1ccccc1F. The Morgan fingerprint density at radius 1 is 0.733 bits per heavy atom. The number of carbonyl (C=O) groups is 4. The van der Waals surface area contributed by atoms with E-state index in [2.05, 4.69) is 0 Å². The first kappa shape index (κ1) is 19.8. The van der Waals surface area contributed by atoms with Crippen LogP contribution in [0, 0.1) is 11.6 Å². The second-order valence-electron chi connectivity index (χ2n) is 6.86. The maximum atomic E-state index is 14.0. The number of halogens is 2. The number of hydroxylamine groups is 2. The molecule has 0 bridgehead atoms. The van der Waals surface area contributed by atoms with E-state index in [0.717, 1.165) is 12.1 Å². The van der Waals surface area contributed by atoms with Gasteiger partial charge >= 0.3 is 0 Å². The van der Waals surface area contributed by atoms with Crippen LogP contribution in [0.3, 0.4) is 0 Å². The second-order valence-corrected chi connectivity index (χ2v) is 6.86. The minimum absolute atomic E-state index is 0.273. The molecule has 1 N–H and O–H groups in total. The molecule has 8 nitrogen and oxygen atoms in total. The summed E-state index contributed by atoms with van der Waals surface area (Å²) < 4.78 is 28.1. The summed E-state index contributed by atoms with van der Waals surface area (Å²) in [6, 6.07) is 7.30. The summed E-state index contributed by atoms with van der Waals surface area (Å²) in [6.45, 7) is 0. The zero-order valence-electron chi connectivity index (χ0n) is 15.4. The van der Waals surface area contributed by atoms with E-state index in [9.17, 15) is 33.2 Å². The third-order valence-electron chi connectivity index (χ3n) is 5.07. The Morgan fingerprint density at radius 2 is 1.10 bits per heavy atom. The van der Waals surface area contributed by atoms with Gasteiger partial charge in [0, 0.05) is 0 Å². The average molecular weight is 415 g/mol. The second kappa shape index (κ2) is 7.39. The molecule has 2 fully saturated rings. The monoisotopic (exact) mass is 415 g/mol. The molecular weight excluding hydrogens is 400 g/mol. The topological polar surface area (TPSA) is 98.2 Å². The van der Waals surface area contributed by atoms with Crippen LogP contribution in [0.25, 0.3) is 0 Å². The molecule has 0 radical (unpaired) electrons. The Hall–Kier alpha value is -3.50. The standard InChI is InChI=1S/C20H15F2N3O5/c21-11-5-1-3-7-13(11)23-17(26)9-15(19(23)28)25(30)16-10-18(27)24(20(16)29)14-8-4-2-6-12(14)22/h1-8,15-16,30H,9-10H2/t15-,16-/m1/s1. The predicted molar refractivity (Wildman–Crippen MR) is 98.2 cm³/mol. The van der Waals surface area contributed by atoms with Crippen LogP contribution in [0.1, 0.15) is 12.8 Å². The number of rotatable bonds is 4. The summed E-state index contributed by atoms with van der Waals surface area (Å²) in [5.41, 5.74) is -0.546. The van der Waals surface area contributed by atoms with Gasteiger partial charge in [-0.15, -0.1) is 0 Å². The third-order valence-corrected chi connectivity index (χ3v) is 5.07. The van der Waals surface area contributed by atoms with Crippen molar-refractivity contribution < 1.29 is 33.2 Å². The van der Waals surface area contributed by atoms with E-state index in [1.807, 2.05) is 0 Å². The molecule has 30 heavy (non-hydrogen) atoms. The molecule has 2 aromatic carbocycles. The van der Waals surface area contributed by atoms with Gasteiger partial charge in [-0.2, -0.15) is 5.06 Å². The number of nitrogens with zero attached hydrogens (tertiary/aromatic N) is 3. The highest BCUT2D eigenvalue weighted by Gasteiger charge is 2.51. The minimum atomic E-state index is -1.49. The van der Waals surface area contributed by atoms with Gasteiger partial charge < -0.3 is 5.21 Å². The van der Waals surface area contributed by atoms with Crippen LogP contribution < -0.4 is 9.80 Å². The van der Waals surface area contributed by atoms with Gasteiger partial charge in [0.15, 0.2) is 0 Å². The number of hydrogen-bond donors (Lipinski definition) is 1. The Morgan fingerprint density at radius 3 is 1.47 bits per heavy atom. The minimum Gasteiger partial charge on any atom is -0.312 e. The molecule has 2 heterocycles. The normalized spacial score (nSPS) is 22.0. The van der Waals surface area contributed by atoms with Gasteiger partial charge in [0.05, 0.1) is 24.2 Å². The highest BCUT2D eigenvalue weighted by atomic mass is 19.1. The molecule has 0 saturated carbocycles. The Kier molecular flexibility index (Phi) is 4.88. The van der Waals surface area contributed by atoms with Crippen molar-refractivity contribution in [2.45, 2.75) is 24.9 Å². The molecule has 0 unspecified atom stereocenters. The molecule has 0 aromatic heterocycles. The average Bonchev–Trinajstić information content (AvgIpc) is 3.18. The molecule has 2 aliphatic rings. The van der Waals surface area contributed by atoms with Crippen molar-refractivity contribution in [3.05, 3.63) is 60.2 Å². The van der Waals surface area contributed by atoms with Crippen molar-refractivity contribution in [2.75, 3.05) is 9.80 Å². The smallest absolute Gasteiger partial charge is 0.254 e. The van der Waals surface area contributed by atoms with Crippen molar-refractivity contribution in [3.8, 4) is 0 Å². The van der Waals surface area contributed by atoms with Crippen LogP contribution in [-0.4, -0.2) is 46.0 Å². The van der Waals surface area contributed by atoms with Gasteiger partial charge in [-0.3, -0.25) is 19.2 Å². The Bertz CT molecular complexity index is 992. The Labute approximate surface area is 168 Å². The first-order valence-electron chi connectivity index (χ1n) is 9.01. The van der Waals surface area contributed by atoms with Crippen molar-refractivity contribution in [2.24, 2.45) is 0 Å². The fraction of sp³-hybridized carbons (Fsp3) is 0.200. The molecule has 0 spiro atoms. The van der Waals surface area contributed by atoms with Crippen molar-refractivity contribution >= 4 is 35.0 Å². The van der Waals surface area contributed by atoms with Gasteiger partial charge in [0.25, 0.3) is 11.8 Å². The zero-order valence-corrected chi connectivity index (χ0v) is 15.4. The van der Waals surface area contributed by atoms with Gasteiger partial charge in [0.1, 0.15) is 23.7 Å². The van der Waals surface area contributed by atoms with Crippen molar-refractivity contribution in [3.63, 3.8) is 0 Å². The Balaban J connectivity index is 1.59. The van der Waals surface area contributed by atoms with Crippen LogP contribution in [0.15, 0.2) is 48.5 Å². The van der Waals surface area contributed by atoms with E-state index in [-0.39, 0.29) is 11.4 Å². The van der Waals surface area contributed by atoms with Crippen LogP contribution >= 0.6 is 0 Å². The molecule has 10 heteroatoms. The maximum Gasteiger partial charge on any atom is 0.254 e. The lowest BCUT2D eigenvalue weighted by Crippen LogP contribution is -2.49. The van der Waals surface area contributed by atoms with Gasteiger partial charge in [0.2, 0.25) is 11.8 Å². The fourth-order valence-corrected chi connectivity index (χ4v) is 3.63. The number of para-hydroxylation sites is 2. The first-order chi connectivity index (χ1) is 14.3. The maximum absolute atomic E-state index is 14.0. The summed E-state index contributed by atoms with van der Waals surface area (Å²) in [5, 5.41) is 10.9. The summed E-state index contributed by atoms with van der Waals surface area (Å²) in [4.78, 5) is 51.3. The predicted octanol–water partition coefficient (Wildman–Crippen LogP) is 1.62. The summed E-state index contributed by atoms with van der Waals surface area (Å²) in [5.74, 6) is -5.01. The van der Waals surface area contributed by atoms with Crippen LogP contribution in [0.5, 0.6) is 0 Å². The number of benzene rings is 2.